The molecule has 0 N–H and O–H groups in total. The van der Waals surface area contributed by atoms with Crippen LogP contribution in [0.2, 0.25) is 5.02 Å². The average molecular weight is 386 g/mol. The Bertz CT molecular complexity index is 843. The normalized spacial score (nSPS) is 10.8. The third-order valence-corrected chi connectivity index (χ3v) is 4.86. The maximum atomic E-state index is 13.1. The molecule has 3 aromatic rings. The molecule has 0 atom stereocenters. The summed E-state index contributed by atoms with van der Waals surface area (Å²) < 4.78 is 5.65. The predicted octanol–water partition coefficient (Wildman–Crippen LogP) is 6.04. The highest BCUT2D eigenvalue weighted by Gasteiger charge is 2.19. The van der Waals surface area contributed by atoms with E-state index in [0.29, 0.717) is 17.1 Å². The smallest absolute Gasteiger partial charge is 0.258 e. The number of ether oxygens (including phenoxy) is 1. The van der Waals surface area contributed by atoms with Crippen molar-refractivity contribution in [3.63, 3.8) is 0 Å². The van der Waals surface area contributed by atoms with Gasteiger partial charge in [-0.05, 0) is 73.8 Å². The predicted molar refractivity (Wildman–Crippen MR) is 108 cm³/mol. The Hall–Kier alpha value is -2.30. The first-order chi connectivity index (χ1) is 12.5. The molecule has 26 heavy (non-hydrogen) atoms. The van der Waals surface area contributed by atoms with E-state index in [1.807, 2.05) is 55.6 Å². The summed E-state index contributed by atoms with van der Waals surface area (Å²) in [5, 5.41) is 2.66. The van der Waals surface area contributed by atoms with Crippen LogP contribution in [0, 0.1) is 0 Å². The highest BCUT2D eigenvalue weighted by atomic mass is 35.5. The maximum Gasteiger partial charge on any atom is 0.258 e. The molecule has 0 unspecified atom stereocenters. The molecule has 2 aromatic carbocycles. The topological polar surface area (TPSA) is 29.5 Å². The first-order valence-electron chi connectivity index (χ1n) is 8.39. The third-order valence-electron chi connectivity index (χ3n) is 3.75. The highest BCUT2D eigenvalue weighted by molar-refractivity contribution is 7.09. The lowest BCUT2D eigenvalue weighted by atomic mass is 10.1. The van der Waals surface area contributed by atoms with E-state index in [9.17, 15) is 4.79 Å². The second-order valence-electron chi connectivity index (χ2n) is 6.14. The van der Waals surface area contributed by atoms with Crippen LogP contribution in [0.3, 0.4) is 0 Å². The average Bonchev–Trinajstić information content (AvgIpc) is 3.13. The number of carbonyl (C=O) groups excluding carboxylic acids is 1. The maximum absolute atomic E-state index is 13.1. The molecule has 0 bridgehead atoms. The number of halogens is 1. The standard InChI is InChI=1S/C21H20ClNO2S/c1-15(2)25-19-11-5-16(6-12-19)21(24)23(14-20-4-3-13-26-20)18-9-7-17(22)8-10-18/h3-13,15H,14H2,1-2H3. The number of benzene rings is 2. The Kier molecular flexibility index (Phi) is 5.96. The van der Waals surface area contributed by atoms with Gasteiger partial charge in [0.2, 0.25) is 0 Å². The van der Waals surface area contributed by atoms with Gasteiger partial charge in [-0.15, -0.1) is 11.3 Å². The minimum atomic E-state index is -0.0585. The first-order valence-corrected chi connectivity index (χ1v) is 9.65. The quantitative estimate of drug-likeness (QED) is 0.518. The number of hydrogen-bond donors (Lipinski definition) is 0. The third kappa shape index (κ3) is 4.65. The van der Waals surface area contributed by atoms with Gasteiger partial charge in [-0.3, -0.25) is 4.79 Å². The molecule has 0 aliphatic rings. The number of amides is 1. The summed E-state index contributed by atoms with van der Waals surface area (Å²) in [5.74, 6) is 0.699. The lowest BCUT2D eigenvalue weighted by Crippen LogP contribution is -2.30. The number of rotatable bonds is 6. The number of carbonyl (C=O) groups is 1. The van der Waals surface area contributed by atoms with E-state index >= 15 is 0 Å². The summed E-state index contributed by atoms with van der Waals surface area (Å²) >= 11 is 7.63. The summed E-state index contributed by atoms with van der Waals surface area (Å²) in [6, 6.07) is 18.6. The summed E-state index contributed by atoms with van der Waals surface area (Å²) in [6.45, 7) is 4.47. The molecule has 1 aromatic heterocycles. The minimum Gasteiger partial charge on any atom is -0.491 e. The van der Waals surface area contributed by atoms with Gasteiger partial charge in [0.1, 0.15) is 5.75 Å². The minimum absolute atomic E-state index is 0.0585. The van der Waals surface area contributed by atoms with Crippen molar-refractivity contribution in [1.29, 1.82) is 0 Å². The van der Waals surface area contributed by atoms with Crippen LogP contribution in [0.5, 0.6) is 5.75 Å². The van der Waals surface area contributed by atoms with Crippen LogP contribution in [0.1, 0.15) is 29.1 Å². The van der Waals surface area contributed by atoms with Crippen LogP contribution in [0.15, 0.2) is 66.0 Å². The van der Waals surface area contributed by atoms with Crippen LogP contribution >= 0.6 is 22.9 Å². The Morgan fingerprint density at radius 2 is 1.77 bits per heavy atom. The van der Waals surface area contributed by atoms with Crippen molar-refractivity contribution in [1.82, 2.24) is 0 Å². The van der Waals surface area contributed by atoms with Crippen molar-refractivity contribution < 1.29 is 9.53 Å². The number of thiophene rings is 1. The fourth-order valence-electron chi connectivity index (χ4n) is 2.56. The van der Waals surface area contributed by atoms with Crippen LogP contribution in [-0.2, 0) is 6.54 Å². The van der Waals surface area contributed by atoms with Gasteiger partial charge in [-0.2, -0.15) is 0 Å². The second-order valence-corrected chi connectivity index (χ2v) is 7.61. The van der Waals surface area contributed by atoms with Crippen molar-refractivity contribution in [2.24, 2.45) is 0 Å². The van der Waals surface area contributed by atoms with Gasteiger partial charge >= 0.3 is 0 Å². The summed E-state index contributed by atoms with van der Waals surface area (Å²) in [4.78, 5) is 16.0. The van der Waals surface area contributed by atoms with E-state index in [1.165, 1.54) is 0 Å². The van der Waals surface area contributed by atoms with Gasteiger partial charge in [0.25, 0.3) is 5.91 Å². The summed E-state index contributed by atoms with van der Waals surface area (Å²) in [7, 11) is 0. The van der Waals surface area contributed by atoms with E-state index < -0.39 is 0 Å². The number of nitrogens with zero attached hydrogens (tertiary/aromatic N) is 1. The number of hydrogen-bond acceptors (Lipinski definition) is 3. The Labute approximate surface area is 162 Å². The lowest BCUT2D eigenvalue weighted by molar-refractivity contribution is 0.0985. The van der Waals surface area contributed by atoms with Crippen LogP contribution in [0.4, 0.5) is 5.69 Å². The van der Waals surface area contributed by atoms with Crippen molar-refractivity contribution in [2.75, 3.05) is 4.90 Å². The molecule has 0 aliphatic carbocycles. The van der Waals surface area contributed by atoms with Gasteiger partial charge in [0.15, 0.2) is 0 Å². The van der Waals surface area contributed by atoms with E-state index in [1.54, 1.807) is 40.5 Å². The van der Waals surface area contributed by atoms with Gasteiger partial charge in [-0.1, -0.05) is 17.7 Å². The summed E-state index contributed by atoms with van der Waals surface area (Å²) in [5.41, 5.74) is 1.43. The van der Waals surface area contributed by atoms with E-state index in [0.717, 1.165) is 16.3 Å². The molecule has 5 heteroatoms. The largest absolute Gasteiger partial charge is 0.491 e. The van der Waals surface area contributed by atoms with Crippen molar-refractivity contribution in [3.8, 4) is 5.75 Å². The SMILES string of the molecule is CC(C)Oc1ccc(C(=O)N(Cc2cccs2)c2ccc(Cl)cc2)cc1. The van der Waals surface area contributed by atoms with Gasteiger partial charge in [-0.25, -0.2) is 0 Å². The molecule has 0 fully saturated rings. The van der Waals surface area contributed by atoms with E-state index in [-0.39, 0.29) is 12.0 Å². The highest BCUT2D eigenvalue weighted by Crippen LogP contribution is 2.25. The Morgan fingerprint density at radius 3 is 2.35 bits per heavy atom. The molecule has 0 radical (unpaired) electrons. The zero-order valence-electron chi connectivity index (χ0n) is 14.7. The van der Waals surface area contributed by atoms with E-state index in [2.05, 4.69) is 0 Å². The number of anilines is 1. The molecule has 1 heterocycles. The molecule has 0 saturated carbocycles. The summed E-state index contributed by atoms with van der Waals surface area (Å²) in [6.07, 6.45) is 0.0981. The van der Waals surface area contributed by atoms with E-state index in [4.69, 9.17) is 16.3 Å². The van der Waals surface area contributed by atoms with Crippen LogP contribution in [0.25, 0.3) is 0 Å². The fraction of sp³-hybridized carbons (Fsp3) is 0.190. The van der Waals surface area contributed by atoms with Crippen molar-refractivity contribution in [2.45, 2.75) is 26.5 Å². The molecular weight excluding hydrogens is 366 g/mol. The van der Waals surface area contributed by atoms with Crippen molar-refractivity contribution in [3.05, 3.63) is 81.5 Å². The zero-order chi connectivity index (χ0) is 18.5. The monoisotopic (exact) mass is 385 g/mol. The first kappa shape index (κ1) is 18.5. The molecule has 134 valence electrons. The molecule has 0 spiro atoms. The van der Waals surface area contributed by atoms with Gasteiger partial charge < -0.3 is 9.64 Å². The Balaban J connectivity index is 1.87. The Morgan fingerprint density at radius 1 is 1.08 bits per heavy atom. The molecular formula is C21H20ClNO2S. The fourth-order valence-corrected chi connectivity index (χ4v) is 3.38. The second kappa shape index (κ2) is 8.39. The molecule has 3 nitrogen and oxygen atoms in total. The van der Waals surface area contributed by atoms with Crippen molar-refractivity contribution >= 4 is 34.5 Å². The lowest BCUT2D eigenvalue weighted by Gasteiger charge is -2.23. The van der Waals surface area contributed by atoms with Gasteiger partial charge in [0.05, 0.1) is 12.6 Å². The molecule has 0 saturated heterocycles. The van der Waals surface area contributed by atoms with Gasteiger partial charge in [0, 0.05) is 21.2 Å². The molecule has 1 amide bonds. The zero-order valence-corrected chi connectivity index (χ0v) is 16.3. The molecule has 0 aliphatic heterocycles. The van der Waals surface area contributed by atoms with Crippen LogP contribution < -0.4 is 9.64 Å². The molecule has 3 rings (SSSR count). The van der Waals surface area contributed by atoms with Crippen LogP contribution in [-0.4, -0.2) is 12.0 Å².